The SMILES string of the molecule is CCCNC(Cc1ccc(Br)s1)c1ccccc1CC. The minimum absolute atomic E-state index is 0.414. The molecule has 1 aromatic carbocycles. The second-order valence-electron chi connectivity index (χ2n) is 4.97. The predicted octanol–water partition coefficient (Wildman–Crippen LogP) is 5.36. The summed E-state index contributed by atoms with van der Waals surface area (Å²) in [7, 11) is 0. The first-order valence-corrected chi connectivity index (χ1v) is 8.91. The second-order valence-corrected chi connectivity index (χ2v) is 7.52. The van der Waals surface area contributed by atoms with Crippen molar-refractivity contribution < 1.29 is 0 Å². The Kier molecular flexibility index (Phi) is 6.27. The summed E-state index contributed by atoms with van der Waals surface area (Å²) in [6, 6.07) is 13.6. The quantitative estimate of drug-likeness (QED) is 0.708. The van der Waals surface area contributed by atoms with Crippen molar-refractivity contribution in [2.75, 3.05) is 6.54 Å². The van der Waals surface area contributed by atoms with Crippen molar-refractivity contribution in [3.8, 4) is 0 Å². The Bertz CT molecular complexity index is 535. The molecule has 1 atom stereocenters. The molecular formula is C17H22BrNS. The molecule has 0 saturated carbocycles. The van der Waals surface area contributed by atoms with Crippen LogP contribution in [0.2, 0.25) is 0 Å². The number of hydrogen-bond acceptors (Lipinski definition) is 2. The summed E-state index contributed by atoms with van der Waals surface area (Å²) in [5, 5.41) is 3.71. The molecule has 1 N–H and O–H groups in total. The van der Waals surface area contributed by atoms with E-state index in [1.54, 1.807) is 0 Å². The monoisotopic (exact) mass is 351 g/mol. The molecule has 0 radical (unpaired) electrons. The number of thiophene rings is 1. The van der Waals surface area contributed by atoms with E-state index in [1.165, 1.54) is 26.2 Å². The maximum absolute atomic E-state index is 3.71. The Morgan fingerprint density at radius 1 is 1.15 bits per heavy atom. The fourth-order valence-corrected chi connectivity index (χ4v) is 4.00. The molecule has 3 heteroatoms. The molecule has 0 aliphatic carbocycles. The number of nitrogens with one attached hydrogen (secondary N) is 1. The van der Waals surface area contributed by atoms with Crippen LogP contribution in [0.4, 0.5) is 0 Å². The van der Waals surface area contributed by atoms with E-state index < -0.39 is 0 Å². The van der Waals surface area contributed by atoms with E-state index in [-0.39, 0.29) is 0 Å². The van der Waals surface area contributed by atoms with Gasteiger partial charge in [-0.25, -0.2) is 0 Å². The van der Waals surface area contributed by atoms with E-state index in [0.29, 0.717) is 6.04 Å². The first-order valence-electron chi connectivity index (χ1n) is 7.30. The topological polar surface area (TPSA) is 12.0 Å². The fourth-order valence-electron chi connectivity index (χ4n) is 2.47. The van der Waals surface area contributed by atoms with Gasteiger partial charge < -0.3 is 5.32 Å². The van der Waals surface area contributed by atoms with Gasteiger partial charge >= 0.3 is 0 Å². The zero-order chi connectivity index (χ0) is 14.4. The van der Waals surface area contributed by atoms with Gasteiger partial charge in [0.2, 0.25) is 0 Å². The van der Waals surface area contributed by atoms with Crippen molar-refractivity contribution in [1.82, 2.24) is 5.32 Å². The van der Waals surface area contributed by atoms with E-state index in [2.05, 4.69) is 71.5 Å². The molecular weight excluding hydrogens is 330 g/mol. The van der Waals surface area contributed by atoms with Gasteiger partial charge in [0, 0.05) is 17.3 Å². The van der Waals surface area contributed by atoms with Gasteiger partial charge in [-0.15, -0.1) is 11.3 Å². The van der Waals surface area contributed by atoms with Gasteiger partial charge in [-0.05, 0) is 58.6 Å². The Morgan fingerprint density at radius 2 is 1.95 bits per heavy atom. The van der Waals surface area contributed by atoms with Crippen LogP contribution in [0, 0.1) is 0 Å². The molecule has 0 fully saturated rings. The average molecular weight is 352 g/mol. The molecule has 0 aliphatic rings. The van der Waals surface area contributed by atoms with Crippen molar-refractivity contribution in [1.29, 1.82) is 0 Å². The van der Waals surface area contributed by atoms with Crippen LogP contribution in [0.5, 0.6) is 0 Å². The fraction of sp³-hybridized carbons (Fsp3) is 0.412. The van der Waals surface area contributed by atoms with Crippen LogP contribution in [-0.4, -0.2) is 6.54 Å². The predicted molar refractivity (Wildman–Crippen MR) is 92.6 cm³/mol. The second kappa shape index (κ2) is 7.96. The van der Waals surface area contributed by atoms with Crippen LogP contribution in [0.15, 0.2) is 40.2 Å². The van der Waals surface area contributed by atoms with E-state index >= 15 is 0 Å². The van der Waals surface area contributed by atoms with Gasteiger partial charge in [-0.3, -0.25) is 0 Å². The molecule has 0 saturated heterocycles. The third kappa shape index (κ3) is 4.18. The highest BCUT2D eigenvalue weighted by Gasteiger charge is 2.15. The lowest BCUT2D eigenvalue weighted by Gasteiger charge is -2.21. The van der Waals surface area contributed by atoms with Gasteiger partial charge in [0.15, 0.2) is 0 Å². The summed E-state index contributed by atoms with van der Waals surface area (Å²) in [4.78, 5) is 1.43. The van der Waals surface area contributed by atoms with Gasteiger partial charge in [0.25, 0.3) is 0 Å². The van der Waals surface area contributed by atoms with Crippen molar-refractivity contribution >= 4 is 27.3 Å². The lowest BCUT2D eigenvalue weighted by atomic mass is 9.96. The van der Waals surface area contributed by atoms with E-state index in [0.717, 1.165) is 19.4 Å². The normalized spacial score (nSPS) is 12.6. The molecule has 1 unspecified atom stereocenters. The van der Waals surface area contributed by atoms with E-state index in [4.69, 9.17) is 0 Å². The Labute approximate surface area is 134 Å². The van der Waals surface area contributed by atoms with Gasteiger partial charge in [0.1, 0.15) is 0 Å². The lowest BCUT2D eigenvalue weighted by Crippen LogP contribution is -2.24. The van der Waals surface area contributed by atoms with Crippen LogP contribution < -0.4 is 5.32 Å². The number of halogens is 1. The zero-order valence-electron chi connectivity index (χ0n) is 12.2. The van der Waals surface area contributed by atoms with Crippen LogP contribution in [-0.2, 0) is 12.8 Å². The minimum atomic E-state index is 0.414. The van der Waals surface area contributed by atoms with E-state index in [1.807, 2.05) is 11.3 Å². The highest BCUT2D eigenvalue weighted by Crippen LogP contribution is 2.28. The average Bonchev–Trinajstić information content (AvgIpc) is 2.88. The first-order chi connectivity index (χ1) is 9.74. The Balaban J connectivity index is 2.22. The maximum Gasteiger partial charge on any atom is 0.0701 e. The highest BCUT2D eigenvalue weighted by atomic mass is 79.9. The minimum Gasteiger partial charge on any atom is -0.310 e. The van der Waals surface area contributed by atoms with Crippen LogP contribution in [0.25, 0.3) is 0 Å². The molecule has 0 aliphatic heterocycles. The summed E-state index contributed by atoms with van der Waals surface area (Å²) >= 11 is 5.39. The number of rotatable bonds is 7. The third-order valence-electron chi connectivity index (χ3n) is 3.49. The molecule has 0 amide bonds. The van der Waals surface area contributed by atoms with Crippen LogP contribution >= 0.6 is 27.3 Å². The Morgan fingerprint density at radius 3 is 2.60 bits per heavy atom. The van der Waals surface area contributed by atoms with Gasteiger partial charge in [-0.1, -0.05) is 38.1 Å². The third-order valence-corrected chi connectivity index (χ3v) is 5.13. The summed E-state index contributed by atoms with van der Waals surface area (Å²) in [5.41, 5.74) is 2.91. The largest absolute Gasteiger partial charge is 0.310 e. The molecule has 1 heterocycles. The lowest BCUT2D eigenvalue weighted by molar-refractivity contribution is 0.529. The zero-order valence-corrected chi connectivity index (χ0v) is 14.6. The number of hydrogen-bond donors (Lipinski definition) is 1. The van der Waals surface area contributed by atoms with Crippen molar-refractivity contribution in [2.24, 2.45) is 0 Å². The standard InChI is InChI=1S/C17H22BrNS/c1-3-11-19-16(12-14-9-10-17(18)20-14)15-8-6-5-7-13(15)4-2/h5-10,16,19H,3-4,11-12H2,1-2H3. The Hall–Kier alpha value is -0.640. The molecule has 108 valence electrons. The van der Waals surface area contributed by atoms with Crippen molar-refractivity contribution in [3.05, 3.63) is 56.2 Å². The van der Waals surface area contributed by atoms with Crippen LogP contribution in [0.1, 0.15) is 42.3 Å². The molecule has 0 bridgehead atoms. The smallest absolute Gasteiger partial charge is 0.0701 e. The highest BCUT2D eigenvalue weighted by molar-refractivity contribution is 9.11. The molecule has 0 spiro atoms. The van der Waals surface area contributed by atoms with Crippen LogP contribution in [0.3, 0.4) is 0 Å². The summed E-state index contributed by atoms with van der Waals surface area (Å²) < 4.78 is 1.21. The molecule has 1 aromatic heterocycles. The molecule has 1 nitrogen and oxygen atoms in total. The van der Waals surface area contributed by atoms with Crippen molar-refractivity contribution in [3.63, 3.8) is 0 Å². The summed E-state index contributed by atoms with van der Waals surface area (Å²) in [5.74, 6) is 0. The molecule has 2 aromatic rings. The van der Waals surface area contributed by atoms with Gasteiger partial charge in [0.05, 0.1) is 3.79 Å². The molecule has 2 rings (SSSR count). The summed E-state index contributed by atoms with van der Waals surface area (Å²) in [6.07, 6.45) is 3.32. The molecule has 20 heavy (non-hydrogen) atoms. The number of benzene rings is 1. The van der Waals surface area contributed by atoms with Crippen molar-refractivity contribution in [2.45, 2.75) is 39.2 Å². The number of aryl methyl sites for hydroxylation is 1. The summed E-state index contributed by atoms with van der Waals surface area (Å²) in [6.45, 7) is 5.52. The van der Waals surface area contributed by atoms with E-state index in [9.17, 15) is 0 Å². The van der Waals surface area contributed by atoms with Gasteiger partial charge in [-0.2, -0.15) is 0 Å². The maximum atomic E-state index is 3.71. The first kappa shape index (κ1) is 15.7.